The van der Waals surface area contributed by atoms with Crippen molar-refractivity contribution in [2.45, 2.75) is 26.4 Å². The van der Waals surface area contributed by atoms with E-state index >= 15 is 0 Å². The van der Waals surface area contributed by atoms with Crippen molar-refractivity contribution in [1.82, 2.24) is 14.7 Å². The average molecular weight is 224 g/mol. The van der Waals surface area contributed by atoms with Crippen molar-refractivity contribution in [2.24, 2.45) is 0 Å². The minimum Gasteiger partial charge on any atom is -0.396 e. The SMILES string of the molecule is Cc1c(N)cnn1CC(C)N1CCOCC1. The molecule has 90 valence electrons. The van der Waals surface area contributed by atoms with Crippen molar-refractivity contribution >= 4 is 5.69 Å². The molecule has 1 aromatic rings. The molecule has 0 amide bonds. The maximum absolute atomic E-state index is 5.78. The third-order valence-electron chi connectivity index (χ3n) is 3.25. The maximum Gasteiger partial charge on any atom is 0.0730 e. The quantitative estimate of drug-likeness (QED) is 0.812. The van der Waals surface area contributed by atoms with E-state index < -0.39 is 0 Å². The summed E-state index contributed by atoms with van der Waals surface area (Å²) in [4.78, 5) is 2.43. The van der Waals surface area contributed by atoms with Crippen LogP contribution in [0.3, 0.4) is 0 Å². The van der Waals surface area contributed by atoms with E-state index in [1.54, 1.807) is 6.20 Å². The van der Waals surface area contributed by atoms with Gasteiger partial charge in [-0.3, -0.25) is 9.58 Å². The normalized spacial score (nSPS) is 19.9. The van der Waals surface area contributed by atoms with E-state index in [1.165, 1.54) is 0 Å². The molecule has 0 aliphatic carbocycles. The minimum absolute atomic E-state index is 0.474. The third kappa shape index (κ3) is 2.36. The number of nitrogens with zero attached hydrogens (tertiary/aromatic N) is 3. The Kier molecular flexibility index (Phi) is 3.46. The average Bonchev–Trinajstić information content (AvgIpc) is 2.62. The summed E-state index contributed by atoms with van der Waals surface area (Å²) < 4.78 is 7.33. The molecule has 2 heterocycles. The van der Waals surface area contributed by atoms with E-state index in [4.69, 9.17) is 10.5 Å². The Bertz CT molecular complexity index is 344. The van der Waals surface area contributed by atoms with Gasteiger partial charge in [-0.1, -0.05) is 0 Å². The molecule has 16 heavy (non-hydrogen) atoms. The predicted octanol–water partition coefficient (Wildman–Crippen LogP) is 0.494. The van der Waals surface area contributed by atoms with Crippen molar-refractivity contribution in [3.8, 4) is 0 Å². The van der Waals surface area contributed by atoms with Crippen LogP contribution < -0.4 is 5.73 Å². The van der Waals surface area contributed by atoms with Gasteiger partial charge >= 0.3 is 0 Å². The fourth-order valence-electron chi connectivity index (χ4n) is 2.03. The van der Waals surface area contributed by atoms with Crippen molar-refractivity contribution in [1.29, 1.82) is 0 Å². The summed E-state index contributed by atoms with van der Waals surface area (Å²) in [5.74, 6) is 0. The van der Waals surface area contributed by atoms with Crippen LogP contribution in [0.1, 0.15) is 12.6 Å². The van der Waals surface area contributed by atoms with Crippen LogP contribution in [0.2, 0.25) is 0 Å². The molecule has 1 aliphatic rings. The van der Waals surface area contributed by atoms with Gasteiger partial charge in [0.1, 0.15) is 0 Å². The summed E-state index contributed by atoms with van der Waals surface area (Å²) >= 11 is 0. The van der Waals surface area contributed by atoms with Crippen LogP contribution in [-0.4, -0.2) is 47.0 Å². The van der Waals surface area contributed by atoms with Gasteiger partial charge in [-0.2, -0.15) is 5.10 Å². The fraction of sp³-hybridized carbons (Fsp3) is 0.727. The smallest absolute Gasteiger partial charge is 0.0730 e. The Morgan fingerprint density at radius 2 is 2.19 bits per heavy atom. The van der Waals surface area contributed by atoms with E-state index in [0.29, 0.717) is 6.04 Å². The molecule has 0 saturated carbocycles. The number of ether oxygens (including phenoxy) is 1. The van der Waals surface area contributed by atoms with E-state index in [1.807, 2.05) is 11.6 Å². The molecule has 1 aromatic heterocycles. The van der Waals surface area contributed by atoms with Crippen molar-refractivity contribution in [3.63, 3.8) is 0 Å². The monoisotopic (exact) mass is 224 g/mol. The molecule has 0 spiro atoms. The number of rotatable bonds is 3. The number of aromatic nitrogens is 2. The van der Waals surface area contributed by atoms with E-state index in [-0.39, 0.29) is 0 Å². The lowest BCUT2D eigenvalue weighted by atomic mass is 10.2. The molecule has 5 nitrogen and oxygen atoms in total. The van der Waals surface area contributed by atoms with Gasteiger partial charge in [0.2, 0.25) is 0 Å². The molecular weight excluding hydrogens is 204 g/mol. The summed E-state index contributed by atoms with van der Waals surface area (Å²) in [7, 11) is 0. The summed E-state index contributed by atoms with van der Waals surface area (Å²) in [6, 6.07) is 0.474. The molecule has 2 rings (SSSR count). The molecule has 1 atom stereocenters. The molecule has 0 aromatic carbocycles. The topological polar surface area (TPSA) is 56.3 Å². The highest BCUT2D eigenvalue weighted by Gasteiger charge is 2.18. The summed E-state index contributed by atoms with van der Waals surface area (Å²) in [5, 5.41) is 4.28. The van der Waals surface area contributed by atoms with Crippen LogP contribution >= 0.6 is 0 Å². The molecule has 1 saturated heterocycles. The fourth-order valence-corrected chi connectivity index (χ4v) is 2.03. The number of hydrogen-bond acceptors (Lipinski definition) is 4. The molecule has 1 fully saturated rings. The zero-order chi connectivity index (χ0) is 11.5. The molecular formula is C11H20N4O. The van der Waals surface area contributed by atoms with Crippen LogP contribution in [0.25, 0.3) is 0 Å². The lowest BCUT2D eigenvalue weighted by molar-refractivity contribution is 0.0161. The number of anilines is 1. The highest BCUT2D eigenvalue weighted by molar-refractivity contribution is 5.39. The Morgan fingerprint density at radius 3 is 2.75 bits per heavy atom. The van der Waals surface area contributed by atoms with Gasteiger partial charge in [0.05, 0.1) is 37.3 Å². The van der Waals surface area contributed by atoms with Gasteiger partial charge < -0.3 is 10.5 Å². The van der Waals surface area contributed by atoms with Gasteiger partial charge in [-0.15, -0.1) is 0 Å². The second kappa shape index (κ2) is 4.84. The van der Waals surface area contributed by atoms with Crippen LogP contribution in [0.15, 0.2) is 6.20 Å². The molecule has 1 unspecified atom stereocenters. The van der Waals surface area contributed by atoms with Gasteiger partial charge in [0.25, 0.3) is 0 Å². The maximum atomic E-state index is 5.78. The Morgan fingerprint density at radius 1 is 1.50 bits per heavy atom. The molecule has 0 bridgehead atoms. The Labute approximate surface area is 96.2 Å². The van der Waals surface area contributed by atoms with Crippen LogP contribution in [-0.2, 0) is 11.3 Å². The van der Waals surface area contributed by atoms with Crippen LogP contribution in [0.4, 0.5) is 5.69 Å². The molecule has 1 aliphatic heterocycles. The third-order valence-corrected chi connectivity index (χ3v) is 3.25. The van der Waals surface area contributed by atoms with E-state index in [2.05, 4.69) is 16.9 Å². The number of morpholine rings is 1. The van der Waals surface area contributed by atoms with Crippen LogP contribution in [0.5, 0.6) is 0 Å². The van der Waals surface area contributed by atoms with Gasteiger partial charge in [0.15, 0.2) is 0 Å². The van der Waals surface area contributed by atoms with Crippen molar-refractivity contribution in [3.05, 3.63) is 11.9 Å². The predicted molar refractivity (Wildman–Crippen MR) is 63.2 cm³/mol. The van der Waals surface area contributed by atoms with Gasteiger partial charge in [0, 0.05) is 19.1 Å². The first kappa shape index (κ1) is 11.4. The lowest BCUT2D eigenvalue weighted by Crippen LogP contribution is -2.44. The lowest BCUT2D eigenvalue weighted by Gasteiger charge is -2.32. The highest BCUT2D eigenvalue weighted by Crippen LogP contribution is 2.11. The highest BCUT2D eigenvalue weighted by atomic mass is 16.5. The molecule has 2 N–H and O–H groups in total. The second-order valence-corrected chi connectivity index (χ2v) is 4.36. The first-order chi connectivity index (χ1) is 7.68. The zero-order valence-corrected chi connectivity index (χ0v) is 10.0. The Hall–Kier alpha value is -1.07. The first-order valence-electron chi connectivity index (χ1n) is 5.78. The van der Waals surface area contributed by atoms with Gasteiger partial charge in [-0.05, 0) is 13.8 Å². The van der Waals surface area contributed by atoms with Crippen molar-refractivity contribution in [2.75, 3.05) is 32.0 Å². The molecule has 5 heteroatoms. The number of nitrogens with two attached hydrogens (primary N) is 1. The largest absolute Gasteiger partial charge is 0.396 e. The first-order valence-corrected chi connectivity index (χ1v) is 5.78. The Balaban J connectivity index is 1.95. The minimum atomic E-state index is 0.474. The molecule has 0 radical (unpaired) electrons. The zero-order valence-electron chi connectivity index (χ0n) is 10.0. The summed E-state index contributed by atoms with van der Waals surface area (Å²) in [6.45, 7) is 8.82. The summed E-state index contributed by atoms with van der Waals surface area (Å²) in [5.41, 5.74) is 7.61. The van der Waals surface area contributed by atoms with Gasteiger partial charge in [-0.25, -0.2) is 0 Å². The van der Waals surface area contributed by atoms with Crippen molar-refractivity contribution < 1.29 is 4.74 Å². The standard InChI is InChI=1S/C11H20N4O/c1-9(14-3-5-16-6-4-14)8-15-10(2)11(12)7-13-15/h7,9H,3-6,8,12H2,1-2H3. The van der Waals surface area contributed by atoms with Crippen LogP contribution in [0, 0.1) is 6.92 Å². The number of hydrogen-bond donors (Lipinski definition) is 1. The summed E-state index contributed by atoms with van der Waals surface area (Å²) in [6.07, 6.45) is 1.72. The van der Waals surface area contributed by atoms with E-state index in [0.717, 1.165) is 44.2 Å². The van der Waals surface area contributed by atoms with E-state index in [9.17, 15) is 0 Å². The number of nitrogen functional groups attached to an aromatic ring is 1. The second-order valence-electron chi connectivity index (χ2n) is 4.36.